The first-order chi connectivity index (χ1) is 9.74. The summed E-state index contributed by atoms with van der Waals surface area (Å²) >= 11 is 0. The van der Waals surface area contributed by atoms with Gasteiger partial charge in [-0.15, -0.1) is 0 Å². The van der Waals surface area contributed by atoms with Crippen LogP contribution in [-0.2, 0) is 0 Å². The van der Waals surface area contributed by atoms with E-state index in [0.29, 0.717) is 0 Å². The summed E-state index contributed by atoms with van der Waals surface area (Å²) < 4.78 is 0. The lowest BCUT2D eigenvalue weighted by atomic mass is 10.1. The highest BCUT2D eigenvalue weighted by Gasteiger charge is 2.02. The van der Waals surface area contributed by atoms with Crippen LogP contribution in [0.3, 0.4) is 0 Å². The zero-order valence-electron chi connectivity index (χ0n) is 11.7. The third-order valence-corrected chi connectivity index (χ3v) is 3.41. The third kappa shape index (κ3) is 2.45. The van der Waals surface area contributed by atoms with E-state index in [-0.39, 0.29) is 0 Å². The molecule has 98 valence electrons. The van der Waals surface area contributed by atoms with Crippen LogP contribution in [-0.4, -0.2) is 10.7 Å². The maximum absolute atomic E-state index is 4.71. The van der Waals surface area contributed by atoms with Gasteiger partial charge in [-0.2, -0.15) is 0 Å². The van der Waals surface area contributed by atoms with Gasteiger partial charge in [0.25, 0.3) is 0 Å². The molecule has 0 aliphatic carbocycles. The Morgan fingerprint density at radius 1 is 1.00 bits per heavy atom. The lowest BCUT2D eigenvalue weighted by molar-refractivity contribution is 1.36. The number of hydrogen-bond donors (Lipinski definition) is 0. The Hall–Kier alpha value is -2.48. The number of aromatic nitrogens is 1. The molecule has 0 spiro atoms. The van der Waals surface area contributed by atoms with Crippen molar-refractivity contribution in [3.05, 3.63) is 71.9 Å². The van der Waals surface area contributed by atoms with Crippen LogP contribution in [0.15, 0.2) is 65.8 Å². The molecule has 0 atom stereocenters. The molecule has 0 fully saturated rings. The first-order valence-corrected chi connectivity index (χ1v) is 6.70. The first-order valence-electron chi connectivity index (χ1n) is 6.70. The molecule has 1 heterocycles. The van der Waals surface area contributed by atoms with Crippen molar-refractivity contribution in [3.63, 3.8) is 0 Å². The molecule has 20 heavy (non-hydrogen) atoms. The highest BCUT2D eigenvalue weighted by molar-refractivity contribution is 6.02. The van der Waals surface area contributed by atoms with E-state index in [9.17, 15) is 0 Å². The van der Waals surface area contributed by atoms with Crippen LogP contribution in [0.4, 0.5) is 5.69 Å². The molecule has 0 N–H and O–H groups in total. The molecule has 0 amide bonds. The van der Waals surface area contributed by atoms with Crippen LogP contribution >= 0.6 is 0 Å². The number of aliphatic imine (C=N–C) groups is 1. The summed E-state index contributed by atoms with van der Waals surface area (Å²) in [5, 5.41) is 1.14. The number of aryl methyl sites for hydroxylation is 1. The molecule has 0 unspecified atom stereocenters. The normalized spacial score (nSPS) is 11.8. The van der Waals surface area contributed by atoms with Crippen LogP contribution < -0.4 is 0 Å². The summed E-state index contributed by atoms with van der Waals surface area (Å²) in [5.41, 5.74) is 5.25. The molecule has 3 aromatic rings. The molecule has 0 aliphatic heterocycles. The second-order valence-electron chi connectivity index (χ2n) is 4.90. The Morgan fingerprint density at radius 2 is 1.75 bits per heavy atom. The van der Waals surface area contributed by atoms with Gasteiger partial charge in [0.1, 0.15) is 0 Å². The molecule has 2 heteroatoms. The van der Waals surface area contributed by atoms with E-state index in [1.165, 1.54) is 5.56 Å². The molecule has 0 bridgehead atoms. The number of para-hydroxylation sites is 2. The quantitative estimate of drug-likeness (QED) is 0.614. The molecule has 3 rings (SSSR count). The van der Waals surface area contributed by atoms with Crippen molar-refractivity contribution >= 4 is 22.3 Å². The topological polar surface area (TPSA) is 25.2 Å². The molecule has 2 nitrogen and oxygen atoms in total. The fourth-order valence-electron chi connectivity index (χ4n) is 2.20. The summed E-state index contributed by atoms with van der Waals surface area (Å²) in [6.07, 6.45) is 1.89. The van der Waals surface area contributed by atoms with Crippen molar-refractivity contribution in [2.45, 2.75) is 13.8 Å². The summed E-state index contributed by atoms with van der Waals surface area (Å²) in [6, 6.07) is 18.4. The number of hydrogen-bond acceptors (Lipinski definition) is 2. The average Bonchev–Trinajstić information content (AvgIpc) is 2.49. The van der Waals surface area contributed by atoms with E-state index in [1.54, 1.807) is 0 Å². The number of rotatable bonds is 2. The predicted molar refractivity (Wildman–Crippen MR) is 84.8 cm³/mol. The van der Waals surface area contributed by atoms with E-state index < -0.39 is 0 Å². The van der Waals surface area contributed by atoms with Crippen molar-refractivity contribution in [2.75, 3.05) is 0 Å². The fourth-order valence-corrected chi connectivity index (χ4v) is 2.20. The van der Waals surface area contributed by atoms with Gasteiger partial charge in [0.2, 0.25) is 0 Å². The third-order valence-electron chi connectivity index (χ3n) is 3.41. The molecule has 0 saturated heterocycles. The molecule has 2 aromatic carbocycles. The average molecular weight is 260 g/mol. The van der Waals surface area contributed by atoms with Crippen molar-refractivity contribution in [2.24, 2.45) is 4.99 Å². The number of benzene rings is 2. The summed E-state index contributed by atoms with van der Waals surface area (Å²) in [6.45, 7) is 4.10. The maximum atomic E-state index is 4.71. The highest BCUT2D eigenvalue weighted by Crippen LogP contribution is 2.20. The molecule has 0 radical (unpaired) electrons. The van der Waals surface area contributed by atoms with Crippen molar-refractivity contribution < 1.29 is 0 Å². The lowest BCUT2D eigenvalue weighted by Crippen LogP contribution is -1.95. The molecular formula is C18H16N2. The fraction of sp³-hybridized carbons (Fsp3) is 0.111. The van der Waals surface area contributed by atoms with Gasteiger partial charge in [-0.25, -0.2) is 0 Å². The Balaban J connectivity index is 2.04. The Bertz CT molecular complexity index is 788. The van der Waals surface area contributed by atoms with Gasteiger partial charge >= 0.3 is 0 Å². The second kappa shape index (κ2) is 5.25. The Morgan fingerprint density at radius 3 is 2.60 bits per heavy atom. The second-order valence-corrected chi connectivity index (χ2v) is 4.90. The predicted octanol–water partition coefficient (Wildman–Crippen LogP) is 4.68. The van der Waals surface area contributed by atoms with E-state index in [1.807, 2.05) is 49.5 Å². The van der Waals surface area contributed by atoms with Crippen LogP contribution in [0.5, 0.6) is 0 Å². The van der Waals surface area contributed by atoms with E-state index in [0.717, 1.165) is 27.9 Å². The number of pyridine rings is 1. The van der Waals surface area contributed by atoms with Crippen molar-refractivity contribution in [1.29, 1.82) is 0 Å². The van der Waals surface area contributed by atoms with E-state index >= 15 is 0 Å². The van der Waals surface area contributed by atoms with Crippen LogP contribution in [0.1, 0.15) is 18.1 Å². The Labute approximate surface area is 118 Å². The molecule has 0 aliphatic rings. The highest BCUT2D eigenvalue weighted by atomic mass is 14.8. The zero-order chi connectivity index (χ0) is 13.9. The summed E-state index contributed by atoms with van der Waals surface area (Å²) in [7, 11) is 0. The van der Waals surface area contributed by atoms with Crippen LogP contribution in [0, 0.1) is 6.92 Å². The zero-order valence-corrected chi connectivity index (χ0v) is 11.7. The minimum absolute atomic E-state index is 0.984. The van der Waals surface area contributed by atoms with Gasteiger partial charge in [-0.3, -0.25) is 9.98 Å². The largest absolute Gasteiger partial charge is 0.256 e. The van der Waals surface area contributed by atoms with Crippen LogP contribution in [0.2, 0.25) is 0 Å². The van der Waals surface area contributed by atoms with E-state index in [4.69, 9.17) is 4.99 Å². The van der Waals surface area contributed by atoms with Crippen molar-refractivity contribution in [1.82, 2.24) is 4.98 Å². The Kier molecular flexibility index (Phi) is 3.30. The first kappa shape index (κ1) is 12.5. The van der Waals surface area contributed by atoms with Crippen LogP contribution in [0.25, 0.3) is 10.9 Å². The van der Waals surface area contributed by atoms with Gasteiger partial charge in [-0.1, -0.05) is 36.4 Å². The van der Waals surface area contributed by atoms with Gasteiger partial charge in [0, 0.05) is 22.9 Å². The lowest BCUT2D eigenvalue weighted by Gasteiger charge is -2.05. The number of nitrogens with zero attached hydrogens (tertiary/aromatic N) is 2. The van der Waals surface area contributed by atoms with E-state index in [2.05, 4.69) is 30.1 Å². The minimum atomic E-state index is 0.984. The standard InChI is InChI=1S/C18H16N2/c1-13-7-3-5-9-17(13)20-14(2)16-11-15-8-4-6-10-18(15)19-12-16/h3-12H,1-2H3. The van der Waals surface area contributed by atoms with Gasteiger partial charge < -0.3 is 0 Å². The van der Waals surface area contributed by atoms with Gasteiger partial charge in [0.05, 0.1) is 11.2 Å². The minimum Gasteiger partial charge on any atom is -0.256 e. The maximum Gasteiger partial charge on any atom is 0.0702 e. The van der Waals surface area contributed by atoms with Crippen molar-refractivity contribution in [3.8, 4) is 0 Å². The molecule has 1 aromatic heterocycles. The van der Waals surface area contributed by atoms with Gasteiger partial charge in [-0.05, 0) is 37.6 Å². The summed E-state index contributed by atoms with van der Waals surface area (Å²) in [5.74, 6) is 0. The smallest absolute Gasteiger partial charge is 0.0702 e. The molecular weight excluding hydrogens is 244 g/mol. The SMILES string of the molecule is CC(=Nc1ccccc1C)c1cnc2ccccc2c1. The molecule has 0 saturated carbocycles. The summed E-state index contributed by atoms with van der Waals surface area (Å²) in [4.78, 5) is 9.20. The monoisotopic (exact) mass is 260 g/mol. The number of fused-ring (bicyclic) bond motifs is 1. The van der Waals surface area contributed by atoms with Gasteiger partial charge in [0.15, 0.2) is 0 Å².